The number of thioether (sulfide) groups is 1. The van der Waals surface area contributed by atoms with Crippen molar-refractivity contribution in [2.24, 2.45) is 7.05 Å². The van der Waals surface area contributed by atoms with Crippen molar-refractivity contribution in [2.75, 3.05) is 11.9 Å². The lowest BCUT2D eigenvalue weighted by molar-refractivity contribution is -0.680. The van der Waals surface area contributed by atoms with E-state index >= 15 is 0 Å². The summed E-state index contributed by atoms with van der Waals surface area (Å²) in [5, 5.41) is 2.39. The maximum Gasteiger partial charge on any atom is 0.215 e. The van der Waals surface area contributed by atoms with Crippen molar-refractivity contribution in [1.82, 2.24) is 0 Å². The number of aromatic nitrogens is 1. The molecule has 1 aromatic carbocycles. The summed E-state index contributed by atoms with van der Waals surface area (Å²) in [6.45, 7) is 8.81. The molecule has 2 aromatic heterocycles. The molecule has 1 aliphatic rings. The molecule has 4 heteroatoms. The molecule has 3 nitrogen and oxygen atoms in total. The predicted octanol–water partition coefficient (Wildman–Crippen LogP) is 5.03. The molecule has 128 valence electrons. The van der Waals surface area contributed by atoms with E-state index in [2.05, 4.69) is 69.5 Å². The van der Waals surface area contributed by atoms with Gasteiger partial charge in [0, 0.05) is 36.6 Å². The molecule has 1 aliphatic heterocycles. The highest BCUT2D eigenvalue weighted by Crippen LogP contribution is 2.51. The van der Waals surface area contributed by atoms with E-state index in [1.165, 1.54) is 43.4 Å². The third-order valence-corrected chi connectivity index (χ3v) is 6.75. The Labute approximate surface area is 153 Å². The molecule has 0 radical (unpaired) electrons. The number of pyridine rings is 1. The zero-order valence-corrected chi connectivity index (χ0v) is 16.4. The summed E-state index contributed by atoms with van der Waals surface area (Å²) in [7, 11) is 4.23. The smallest absolute Gasteiger partial charge is 0.215 e. The lowest BCUT2D eigenvalue weighted by Crippen LogP contribution is -2.38. The van der Waals surface area contributed by atoms with Gasteiger partial charge in [0.2, 0.25) is 11.6 Å². The normalized spacial score (nSPS) is 15.4. The lowest BCUT2D eigenvalue weighted by Gasteiger charge is -2.14. The van der Waals surface area contributed by atoms with Crippen LogP contribution in [-0.2, 0) is 7.05 Å². The maximum atomic E-state index is 6.08. The van der Waals surface area contributed by atoms with E-state index < -0.39 is 0 Å². The maximum absolute atomic E-state index is 6.08. The summed E-state index contributed by atoms with van der Waals surface area (Å²) >= 11 is 1.79. The summed E-state index contributed by atoms with van der Waals surface area (Å²) in [6.07, 6.45) is 2.28. The van der Waals surface area contributed by atoms with Gasteiger partial charge in [0.1, 0.15) is 12.6 Å². The first kappa shape index (κ1) is 16.3. The zero-order chi connectivity index (χ0) is 17.9. The van der Waals surface area contributed by atoms with Gasteiger partial charge < -0.3 is 9.32 Å². The van der Waals surface area contributed by atoms with Crippen LogP contribution in [0.5, 0.6) is 0 Å². The van der Waals surface area contributed by atoms with Gasteiger partial charge in [-0.15, -0.1) is 0 Å². The van der Waals surface area contributed by atoms with E-state index in [4.69, 9.17) is 4.42 Å². The molecule has 0 amide bonds. The first-order valence-corrected chi connectivity index (χ1v) is 9.33. The molecule has 0 N–H and O–H groups in total. The summed E-state index contributed by atoms with van der Waals surface area (Å²) in [5.74, 6) is 0.943. The standard InChI is InChI=1S/C21H23N2OS/c1-12-13(2)15(4)22(5)17(14(12)3)11-19-23(6)21-20(25-19)16-9-7-8-10-18(16)24-21/h7-11H,1-6H3/q+1. The van der Waals surface area contributed by atoms with Crippen molar-refractivity contribution >= 4 is 34.7 Å². The first-order valence-electron chi connectivity index (χ1n) is 8.51. The topological polar surface area (TPSA) is 20.3 Å². The first-order chi connectivity index (χ1) is 11.9. The molecule has 0 spiro atoms. The second kappa shape index (κ2) is 5.67. The van der Waals surface area contributed by atoms with Crippen LogP contribution in [0.2, 0.25) is 0 Å². The molecule has 0 fully saturated rings. The summed E-state index contributed by atoms with van der Waals surface area (Å²) in [6, 6.07) is 8.25. The average Bonchev–Trinajstić information content (AvgIpc) is 3.12. The molecular weight excluding hydrogens is 328 g/mol. The number of rotatable bonds is 1. The van der Waals surface area contributed by atoms with Crippen LogP contribution >= 0.6 is 11.8 Å². The number of benzene rings is 1. The minimum absolute atomic E-state index is 0.943. The van der Waals surface area contributed by atoms with Crippen molar-refractivity contribution in [1.29, 1.82) is 0 Å². The Kier molecular flexibility index (Phi) is 3.69. The third kappa shape index (κ3) is 2.31. The number of hydrogen-bond donors (Lipinski definition) is 0. The van der Waals surface area contributed by atoms with Gasteiger partial charge in [-0.25, -0.2) is 0 Å². The SMILES string of the molecule is Cc1c(C)c(C)[n+](C)c(/C=C2\Sc3c(oc4ccccc34)N2C)c1C. The highest BCUT2D eigenvalue weighted by atomic mass is 32.2. The quantitative estimate of drug-likeness (QED) is 0.573. The Morgan fingerprint density at radius 1 is 1.04 bits per heavy atom. The number of para-hydroxylation sites is 1. The average molecular weight is 351 g/mol. The fraction of sp³-hybridized carbons (Fsp3) is 0.286. The largest absolute Gasteiger partial charge is 0.439 e. The molecule has 0 aliphatic carbocycles. The van der Waals surface area contributed by atoms with E-state index in [0.29, 0.717) is 0 Å². The second-order valence-corrected chi connectivity index (χ2v) is 7.81. The van der Waals surface area contributed by atoms with Crippen LogP contribution in [0.25, 0.3) is 17.0 Å². The monoisotopic (exact) mass is 351 g/mol. The molecule has 25 heavy (non-hydrogen) atoms. The van der Waals surface area contributed by atoms with Crippen molar-refractivity contribution in [3.63, 3.8) is 0 Å². The molecule has 4 rings (SSSR count). The molecule has 0 unspecified atom stereocenters. The number of furan rings is 1. The van der Waals surface area contributed by atoms with Gasteiger partial charge in [0.25, 0.3) is 0 Å². The van der Waals surface area contributed by atoms with Gasteiger partial charge in [-0.3, -0.25) is 0 Å². The Hall–Kier alpha value is -2.20. The summed E-state index contributed by atoms with van der Waals surface area (Å²) in [4.78, 5) is 3.37. The fourth-order valence-corrected chi connectivity index (χ4v) is 4.62. The van der Waals surface area contributed by atoms with Gasteiger partial charge in [-0.05, 0) is 38.5 Å². The summed E-state index contributed by atoms with van der Waals surface area (Å²) in [5.41, 5.74) is 7.59. The molecule has 0 bridgehead atoms. The van der Waals surface area contributed by atoms with Crippen LogP contribution in [0.15, 0.2) is 38.6 Å². The van der Waals surface area contributed by atoms with Crippen molar-refractivity contribution in [3.05, 3.63) is 57.4 Å². The molecule has 3 aromatic rings. The minimum atomic E-state index is 0.943. The summed E-state index contributed by atoms with van der Waals surface area (Å²) < 4.78 is 8.36. The van der Waals surface area contributed by atoms with E-state index in [1.54, 1.807) is 11.8 Å². The van der Waals surface area contributed by atoms with Gasteiger partial charge >= 0.3 is 0 Å². The number of anilines is 1. The highest BCUT2D eigenvalue weighted by molar-refractivity contribution is 8.04. The van der Waals surface area contributed by atoms with Gasteiger partial charge in [-0.1, -0.05) is 23.9 Å². The van der Waals surface area contributed by atoms with E-state index in [1.807, 2.05) is 12.1 Å². The Morgan fingerprint density at radius 3 is 2.52 bits per heavy atom. The molecule has 0 saturated carbocycles. The van der Waals surface area contributed by atoms with Crippen LogP contribution in [0, 0.1) is 27.7 Å². The van der Waals surface area contributed by atoms with Crippen molar-refractivity contribution in [2.45, 2.75) is 32.6 Å². The third-order valence-electron chi connectivity index (χ3n) is 5.55. The fourth-order valence-electron chi connectivity index (χ4n) is 3.48. The molecular formula is C21H23N2OS+. The highest BCUT2D eigenvalue weighted by Gasteiger charge is 2.30. The van der Waals surface area contributed by atoms with Crippen LogP contribution < -0.4 is 9.47 Å². The molecule has 3 heterocycles. The zero-order valence-electron chi connectivity index (χ0n) is 15.6. The Bertz CT molecular complexity index is 1020. The van der Waals surface area contributed by atoms with Crippen molar-refractivity contribution in [3.8, 4) is 0 Å². The minimum Gasteiger partial charge on any atom is -0.439 e. The van der Waals surface area contributed by atoms with Crippen LogP contribution in [-0.4, -0.2) is 7.05 Å². The predicted molar refractivity (Wildman–Crippen MR) is 105 cm³/mol. The number of fused-ring (bicyclic) bond motifs is 3. The molecule has 0 atom stereocenters. The van der Waals surface area contributed by atoms with E-state index in [0.717, 1.165) is 11.5 Å². The lowest BCUT2D eigenvalue weighted by atomic mass is 10.0. The van der Waals surface area contributed by atoms with Gasteiger partial charge in [0.05, 0.1) is 9.92 Å². The number of hydrogen-bond acceptors (Lipinski definition) is 3. The van der Waals surface area contributed by atoms with Gasteiger partial charge in [0.15, 0.2) is 5.69 Å². The van der Waals surface area contributed by atoms with Gasteiger partial charge in [-0.2, -0.15) is 4.57 Å². The van der Waals surface area contributed by atoms with E-state index in [-0.39, 0.29) is 0 Å². The van der Waals surface area contributed by atoms with Crippen molar-refractivity contribution < 1.29 is 8.98 Å². The van der Waals surface area contributed by atoms with Crippen LogP contribution in [0.1, 0.15) is 28.1 Å². The molecule has 0 saturated heterocycles. The van der Waals surface area contributed by atoms with Crippen LogP contribution in [0.3, 0.4) is 0 Å². The van der Waals surface area contributed by atoms with E-state index in [9.17, 15) is 0 Å². The second-order valence-electron chi connectivity index (χ2n) is 6.78. The Morgan fingerprint density at radius 2 is 1.76 bits per heavy atom. The Balaban J connectivity index is 1.84. The number of nitrogens with zero attached hydrogens (tertiary/aromatic N) is 2. The van der Waals surface area contributed by atoms with Crippen LogP contribution in [0.4, 0.5) is 5.88 Å².